The Morgan fingerprint density at radius 3 is 3.00 bits per heavy atom. The Labute approximate surface area is 102 Å². The van der Waals surface area contributed by atoms with E-state index in [1.165, 1.54) is 12.0 Å². The molecular formula is C13H21NOS. The van der Waals surface area contributed by atoms with Crippen molar-refractivity contribution in [3.63, 3.8) is 0 Å². The van der Waals surface area contributed by atoms with Gasteiger partial charge in [0.15, 0.2) is 0 Å². The van der Waals surface area contributed by atoms with E-state index >= 15 is 0 Å². The van der Waals surface area contributed by atoms with E-state index < -0.39 is 0 Å². The van der Waals surface area contributed by atoms with Crippen LogP contribution in [-0.2, 0) is 11.2 Å². The fraction of sp³-hybridized carbons (Fsp3) is 0.692. The molecule has 1 fully saturated rings. The molecule has 3 heteroatoms. The molecule has 0 spiro atoms. The van der Waals surface area contributed by atoms with Gasteiger partial charge in [-0.3, -0.25) is 0 Å². The third kappa shape index (κ3) is 3.06. The molecule has 16 heavy (non-hydrogen) atoms. The molecule has 2 heterocycles. The maximum absolute atomic E-state index is 5.60. The number of ether oxygens (including phenoxy) is 1. The lowest BCUT2D eigenvalue weighted by atomic mass is 9.81. The standard InChI is InChI=1S/C13H21NOS/c1-11(2)14-9-13(4-5-15-10-13)7-12-3-6-16-8-12/h3,6,8,11,14H,4-5,7,9-10H2,1-2H3. The van der Waals surface area contributed by atoms with Gasteiger partial charge in [0.1, 0.15) is 0 Å². The van der Waals surface area contributed by atoms with Crippen LogP contribution in [0, 0.1) is 5.41 Å². The Kier molecular flexibility index (Phi) is 4.00. The van der Waals surface area contributed by atoms with E-state index in [0.29, 0.717) is 11.5 Å². The first-order chi connectivity index (χ1) is 7.70. The van der Waals surface area contributed by atoms with Gasteiger partial charge in [0.2, 0.25) is 0 Å². The minimum absolute atomic E-state index is 0.325. The molecule has 0 radical (unpaired) electrons. The van der Waals surface area contributed by atoms with E-state index in [4.69, 9.17) is 4.74 Å². The highest BCUT2D eigenvalue weighted by molar-refractivity contribution is 7.07. The first-order valence-electron chi connectivity index (χ1n) is 6.02. The van der Waals surface area contributed by atoms with E-state index in [2.05, 4.69) is 36.0 Å². The molecule has 0 aliphatic carbocycles. The van der Waals surface area contributed by atoms with Crippen LogP contribution in [0.1, 0.15) is 25.8 Å². The topological polar surface area (TPSA) is 21.3 Å². The lowest BCUT2D eigenvalue weighted by Crippen LogP contribution is -2.39. The monoisotopic (exact) mass is 239 g/mol. The van der Waals surface area contributed by atoms with Crippen molar-refractivity contribution in [3.8, 4) is 0 Å². The van der Waals surface area contributed by atoms with Crippen molar-refractivity contribution >= 4 is 11.3 Å². The van der Waals surface area contributed by atoms with Crippen molar-refractivity contribution < 1.29 is 4.74 Å². The maximum atomic E-state index is 5.60. The average Bonchev–Trinajstić information content (AvgIpc) is 2.88. The van der Waals surface area contributed by atoms with Crippen molar-refractivity contribution in [1.29, 1.82) is 0 Å². The molecular weight excluding hydrogens is 218 g/mol. The predicted octanol–water partition coefficient (Wildman–Crippen LogP) is 2.70. The van der Waals surface area contributed by atoms with Crippen molar-refractivity contribution in [2.75, 3.05) is 19.8 Å². The molecule has 2 nitrogen and oxygen atoms in total. The molecule has 1 unspecified atom stereocenters. The Bertz CT molecular complexity index is 302. The molecule has 1 atom stereocenters. The molecule has 1 saturated heterocycles. The van der Waals surface area contributed by atoms with Gasteiger partial charge in [-0.1, -0.05) is 13.8 Å². The molecule has 1 aromatic heterocycles. The largest absolute Gasteiger partial charge is 0.381 e. The van der Waals surface area contributed by atoms with Crippen LogP contribution in [-0.4, -0.2) is 25.8 Å². The summed E-state index contributed by atoms with van der Waals surface area (Å²) in [5.74, 6) is 0. The highest BCUT2D eigenvalue weighted by Crippen LogP contribution is 2.32. The van der Waals surface area contributed by atoms with Crippen molar-refractivity contribution in [2.24, 2.45) is 5.41 Å². The van der Waals surface area contributed by atoms with Crippen molar-refractivity contribution in [2.45, 2.75) is 32.7 Å². The quantitative estimate of drug-likeness (QED) is 0.853. The summed E-state index contributed by atoms with van der Waals surface area (Å²) in [5, 5.41) is 7.98. The van der Waals surface area contributed by atoms with Gasteiger partial charge in [0, 0.05) is 24.6 Å². The maximum Gasteiger partial charge on any atom is 0.0538 e. The third-order valence-corrected chi connectivity index (χ3v) is 3.96. The van der Waals surface area contributed by atoms with Crippen LogP contribution in [0.5, 0.6) is 0 Å². The van der Waals surface area contributed by atoms with Gasteiger partial charge in [-0.25, -0.2) is 0 Å². The zero-order chi connectivity index (χ0) is 11.4. The summed E-state index contributed by atoms with van der Waals surface area (Å²) in [6, 6.07) is 2.79. The number of hydrogen-bond acceptors (Lipinski definition) is 3. The molecule has 0 aromatic carbocycles. The predicted molar refractivity (Wildman–Crippen MR) is 69.0 cm³/mol. The Morgan fingerprint density at radius 2 is 2.44 bits per heavy atom. The molecule has 1 aromatic rings. The zero-order valence-corrected chi connectivity index (χ0v) is 11.0. The Hall–Kier alpha value is -0.380. The van der Waals surface area contributed by atoms with Crippen LogP contribution >= 0.6 is 11.3 Å². The van der Waals surface area contributed by atoms with Gasteiger partial charge >= 0.3 is 0 Å². The Morgan fingerprint density at radius 1 is 1.56 bits per heavy atom. The van der Waals surface area contributed by atoms with E-state index in [1.807, 2.05) is 0 Å². The summed E-state index contributed by atoms with van der Waals surface area (Å²) in [6.45, 7) is 7.30. The minimum atomic E-state index is 0.325. The number of hydrogen-bond donors (Lipinski definition) is 1. The van der Waals surface area contributed by atoms with Crippen LogP contribution in [0.3, 0.4) is 0 Å². The summed E-state index contributed by atoms with van der Waals surface area (Å²) in [5.41, 5.74) is 1.78. The highest BCUT2D eigenvalue weighted by Gasteiger charge is 2.34. The first-order valence-corrected chi connectivity index (χ1v) is 6.97. The highest BCUT2D eigenvalue weighted by atomic mass is 32.1. The molecule has 90 valence electrons. The van der Waals surface area contributed by atoms with E-state index in [1.54, 1.807) is 11.3 Å². The molecule has 1 aliphatic heterocycles. The van der Waals surface area contributed by atoms with Gasteiger partial charge in [0.05, 0.1) is 6.61 Å². The molecule has 0 bridgehead atoms. The number of rotatable bonds is 5. The van der Waals surface area contributed by atoms with Crippen LogP contribution in [0.4, 0.5) is 0 Å². The van der Waals surface area contributed by atoms with E-state index in [0.717, 1.165) is 26.2 Å². The van der Waals surface area contributed by atoms with Crippen molar-refractivity contribution in [1.82, 2.24) is 5.32 Å². The van der Waals surface area contributed by atoms with Gasteiger partial charge in [0.25, 0.3) is 0 Å². The van der Waals surface area contributed by atoms with Crippen LogP contribution in [0.2, 0.25) is 0 Å². The van der Waals surface area contributed by atoms with Crippen LogP contribution in [0.15, 0.2) is 16.8 Å². The lowest BCUT2D eigenvalue weighted by Gasteiger charge is -2.28. The minimum Gasteiger partial charge on any atom is -0.381 e. The third-order valence-electron chi connectivity index (χ3n) is 3.23. The SMILES string of the molecule is CC(C)NCC1(Cc2ccsc2)CCOC1. The fourth-order valence-corrected chi connectivity index (χ4v) is 2.91. The summed E-state index contributed by atoms with van der Waals surface area (Å²) >= 11 is 1.78. The number of nitrogens with one attached hydrogen (secondary N) is 1. The normalized spacial score (nSPS) is 25.4. The van der Waals surface area contributed by atoms with Gasteiger partial charge < -0.3 is 10.1 Å². The molecule has 0 saturated carbocycles. The zero-order valence-electron chi connectivity index (χ0n) is 10.2. The fourth-order valence-electron chi connectivity index (χ4n) is 2.24. The number of thiophene rings is 1. The average molecular weight is 239 g/mol. The lowest BCUT2D eigenvalue weighted by molar-refractivity contribution is 0.148. The molecule has 1 N–H and O–H groups in total. The second-order valence-electron chi connectivity index (χ2n) is 5.15. The van der Waals surface area contributed by atoms with E-state index in [9.17, 15) is 0 Å². The van der Waals surface area contributed by atoms with Gasteiger partial charge in [-0.15, -0.1) is 0 Å². The first kappa shape index (κ1) is 12.1. The van der Waals surface area contributed by atoms with Gasteiger partial charge in [-0.05, 0) is 35.2 Å². The Balaban J connectivity index is 1.98. The van der Waals surface area contributed by atoms with Crippen LogP contribution in [0.25, 0.3) is 0 Å². The van der Waals surface area contributed by atoms with Crippen molar-refractivity contribution in [3.05, 3.63) is 22.4 Å². The summed E-state index contributed by atoms with van der Waals surface area (Å²) in [6.07, 6.45) is 2.33. The molecule has 1 aliphatic rings. The van der Waals surface area contributed by atoms with Gasteiger partial charge in [-0.2, -0.15) is 11.3 Å². The summed E-state index contributed by atoms with van der Waals surface area (Å²) in [4.78, 5) is 0. The summed E-state index contributed by atoms with van der Waals surface area (Å²) < 4.78 is 5.60. The molecule has 0 amide bonds. The molecule has 2 rings (SSSR count). The smallest absolute Gasteiger partial charge is 0.0538 e. The second-order valence-corrected chi connectivity index (χ2v) is 5.93. The second kappa shape index (κ2) is 5.30. The van der Waals surface area contributed by atoms with Crippen LogP contribution < -0.4 is 5.32 Å². The summed E-state index contributed by atoms with van der Waals surface area (Å²) in [7, 11) is 0. The van der Waals surface area contributed by atoms with E-state index in [-0.39, 0.29) is 0 Å².